The Morgan fingerprint density at radius 2 is 2.05 bits per heavy atom. The summed E-state index contributed by atoms with van der Waals surface area (Å²) in [5.74, 6) is 0.392. The number of hydrogen-bond acceptors (Lipinski definition) is 4. The van der Waals surface area contributed by atoms with Crippen molar-refractivity contribution in [3.8, 4) is 11.5 Å². The maximum Gasteiger partial charge on any atom is 0.416 e. The Morgan fingerprint density at radius 1 is 1.32 bits per heavy atom. The molecule has 2 rings (SSSR count). The molecule has 2 N–H and O–H groups in total. The van der Waals surface area contributed by atoms with Gasteiger partial charge >= 0.3 is 6.18 Å². The quantitative estimate of drug-likeness (QED) is 0.936. The number of aromatic nitrogens is 2. The molecule has 0 aliphatic carbocycles. The molecule has 0 spiro atoms. The molecule has 0 fully saturated rings. The average Bonchev–Trinajstić information content (AvgIpc) is 2.77. The van der Waals surface area contributed by atoms with Crippen molar-refractivity contribution < 1.29 is 17.7 Å². The standard InChI is InChI=1S/C11H9BrF3N3O/c12-8-2-1-6(11(13,14)15)5-7(8)10-17-9(3-4-16)18-19-10/h1-2,5H,3-4,16H2. The van der Waals surface area contributed by atoms with Gasteiger partial charge in [-0.15, -0.1) is 0 Å². The topological polar surface area (TPSA) is 64.9 Å². The highest BCUT2D eigenvalue weighted by molar-refractivity contribution is 9.10. The number of halogens is 4. The van der Waals surface area contributed by atoms with Crippen LogP contribution in [0.25, 0.3) is 11.5 Å². The smallest absolute Gasteiger partial charge is 0.334 e. The zero-order valence-electron chi connectivity index (χ0n) is 9.54. The van der Waals surface area contributed by atoms with Crippen LogP contribution >= 0.6 is 15.9 Å². The summed E-state index contributed by atoms with van der Waals surface area (Å²) in [6.45, 7) is 0.336. The van der Waals surface area contributed by atoms with Crippen LogP contribution < -0.4 is 5.73 Å². The van der Waals surface area contributed by atoms with Crippen LogP contribution in [-0.4, -0.2) is 16.7 Å². The van der Waals surface area contributed by atoms with Crippen molar-refractivity contribution in [1.29, 1.82) is 0 Å². The van der Waals surface area contributed by atoms with Gasteiger partial charge in [-0.2, -0.15) is 18.2 Å². The summed E-state index contributed by atoms with van der Waals surface area (Å²) in [7, 11) is 0. The summed E-state index contributed by atoms with van der Waals surface area (Å²) in [6, 6.07) is 3.24. The van der Waals surface area contributed by atoms with Gasteiger partial charge in [0.05, 0.1) is 11.1 Å². The molecule has 1 aromatic heterocycles. The van der Waals surface area contributed by atoms with E-state index in [1.807, 2.05) is 0 Å². The molecule has 19 heavy (non-hydrogen) atoms. The largest absolute Gasteiger partial charge is 0.416 e. The van der Waals surface area contributed by atoms with Gasteiger partial charge in [0.15, 0.2) is 5.82 Å². The zero-order valence-corrected chi connectivity index (χ0v) is 11.1. The summed E-state index contributed by atoms with van der Waals surface area (Å²) in [5.41, 5.74) is 4.77. The average molecular weight is 336 g/mol. The SMILES string of the molecule is NCCc1noc(-c2cc(C(F)(F)F)ccc2Br)n1. The van der Waals surface area contributed by atoms with Crippen molar-refractivity contribution in [2.24, 2.45) is 5.73 Å². The van der Waals surface area contributed by atoms with E-state index in [1.165, 1.54) is 6.07 Å². The first-order valence-corrected chi connectivity index (χ1v) is 6.11. The molecule has 0 aliphatic rings. The van der Waals surface area contributed by atoms with Crippen LogP contribution in [0, 0.1) is 0 Å². The van der Waals surface area contributed by atoms with Gasteiger partial charge in [-0.1, -0.05) is 5.16 Å². The van der Waals surface area contributed by atoms with Gasteiger partial charge in [0.1, 0.15) is 0 Å². The van der Waals surface area contributed by atoms with Crippen LogP contribution in [0.2, 0.25) is 0 Å². The zero-order chi connectivity index (χ0) is 14.0. The van der Waals surface area contributed by atoms with E-state index in [0.717, 1.165) is 12.1 Å². The Morgan fingerprint density at radius 3 is 2.68 bits per heavy atom. The molecule has 0 unspecified atom stereocenters. The summed E-state index contributed by atoms with van der Waals surface area (Å²) >= 11 is 3.16. The Labute approximate surface area is 114 Å². The number of alkyl halides is 3. The van der Waals surface area contributed by atoms with Gasteiger partial charge < -0.3 is 10.3 Å². The summed E-state index contributed by atoms with van der Waals surface area (Å²) < 4.78 is 43.3. The maximum absolute atomic E-state index is 12.6. The van der Waals surface area contributed by atoms with E-state index in [9.17, 15) is 13.2 Å². The van der Waals surface area contributed by atoms with Crippen LogP contribution in [0.15, 0.2) is 27.2 Å². The molecule has 0 bridgehead atoms. The number of nitrogens with two attached hydrogens (primary N) is 1. The highest BCUT2D eigenvalue weighted by atomic mass is 79.9. The van der Waals surface area contributed by atoms with E-state index in [1.54, 1.807) is 0 Å². The fourth-order valence-corrected chi connectivity index (χ4v) is 1.88. The van der Waals surface area contributed by atoms with Crippen molar-refractivity contribution in [2.45, 2.75) is 12.6 Å². The molecular formula is C11H9BrF3N3O. The van der Waals surface area contributed by atoms with Crippen LogP contribution in [-0.2, 0) is 12.6 Å². The second-order valence-electron chi connectivity index (χ2n) is 3.75. The molecule has 0 atom stereocenters. The molecule has 0 amide bonds. The molecule has 0 saturated heterocycles. The van der Waals surface area contributed by atoms with Gasteiger partial charge in [-0.05, 0) is 40.7 Å². The van der Waals surface area contributed by atoms with Crippen molar-refractivity contribution in [1.82, 2.24) is 10.1 Å². The Balaban J connectivity index is 2.42. The van der Waals surface area contributed by atoms with E-state index >= 15 is 0 Å². The molecule has 1 aromatic carbocycles. The van der Waals surface area contributed by atoms with Crippen molar-refractivity contribution >= 4 is 15.9 Å². The summed E-state index contributed by atoms with van der Waals surface area (Å²) in [4.78, 5) is 4.00. The predicted octanol–water partition coefficient (Wildman–Crippen LogP) is 3.02. The first-order chi connectivity index (χ1) is 8.91. The molecule has 0 saturated carbocycles. The molecule has 2 aromatic rings. The Bertz CT molecular complexity index is 583. The second kappa shape index (κ2) is 5.30. The molecule has 0 aliphatic heterocycles. The molecule has 8 heteroatoms. The molecule has 0 radical (unpaired) electrons. The summed E-state index contributed by atoms with van der Waals surface area (Å²) in [6.07, 6.45) is -4.02. The fourth-order valence-electron chi connectivity index (χ4n) is 1.46. The summed E-state index contributed by atoms with van der Waals surface area (Å²) in [5, 5.41) is 3.65. The van der Waals surface area contributed by atoms with Gasteiger partial charge in [-0.3, -0.25) is 0 Å². The minimum atomic E-state index is -4.42. The third-order valence-electron chi connectivity index (χ3n) is 2.36. The van der Waals surface area contributed by atoms with E-state index in [0.29, 0.717) is 23.3 Å². The van der Waals surface area contributed by atoms with Gasteiger partial charge in [-0.25, -0.2) is 0 Å². The van der Waals surface area contributed by atoms with E-state index in [-0.39, 0.29) is 11.5 Å². The number of rotatable bonds is 3. The molecule has 102 valence electrons. The monoisotopic (exact) mass is 335 g/mol. The maximum atomic E-state index is 12.6. The lowest BCUT2D eigenvalue weighted by Gasteiger charge is -2.08. The Hall–Kier alpha value is -1.41. The van der Waals surface area contributed by atoms with Gasteiger partial charge in [0.25, 0.3) is 5.89 Å². The number of benzene rings is 1. The number of hydrogen-bond donors (Lipinski definition) is 1. The lowest BCUT2D eigenvalue weighted by atomic mass is 10.1. The molecule has 1 heterocycles. The minimum absolute atomic E-state index is 0.0291. The van der Waals surface area contributed by atoms with Crippen LogP contribution in [0.1, 0.15) is 11.4 Å². The minimum Gasteiger partial charge on any atom is -0.334 e. The highest BCUT2D eigenvalue weighted by Gasteiger charge is 2.31. The van der Waals surface area contributed by atoms with Crippen LogP contribution in [0.3, 0.4) is 0 Å². The van der Waals surface area contributed by atoms with E-state index in [4.69, 9.17) is 10.3 Å². The Kier molecular flexibility index (Phi) is 3.91. The van der Waals surface area contributed by atoms with Crippen molar-refractivity contribution in [3.05, 3.63) is 34.1 Å². The van der Waals surface area contributed by atoms with Crippen LogP contribution in [0.4, 0.5) is 13.2 Å². The first-order valence-electron chi connectivity index (χ1n) is 5.31. The normalized spacial score (nSPS) is 11.8. The fraction of sp³-hybridized carbons (Fsp3) is 0.273. The molecule has 4 nitrogen and oxygen atoms in total. The van der Waals surface area contributed by atoms with E-state index < -0.39 is 11.7 Å². The third-order valence-corrected chi connectivity index (χ3v) is 3.05. The van der Waals surface area contributed by atoms with Gasteiger partial charge in [0, 0.05) is 10.9 Å². The van der Waals surface area contributed by atoms with Crippen molar-refractivity contribution in [2.75, 3.05) is 6.54 Å². The second-order valence-corrected chi connectivity index (χ2v) is 4.60. The first kappa shape index (κ1) is 14.0. The third kappa shape index (κ3) is 3.13. The van der Waals surface area contributed by atoms with Crippen LogP contribution in [0.5, 0.6) is 0 Å². The number of nitrogens with zero attached hydrogens (tertiary/aromatic N) is 2. The molecular weight excluding hydrogens is 327 g/mol. The highest BCUT2D eigenvalue weighted by Crippen LogP contribution is 2.35. The van der Waals surface area contributed by atoms with Gasteiger partial charge in [0.2, 0.25) is 0 Å². The van der Waals surface area contributed by atoms with E-state index in [2.05, 4.69) is 26.1 Å². The lowest BCUT2D eigenvalue weighted by molar-refractivity contribution is -0.137. The van der Waals surface area contributed by atoms with Crippen molar-refractivity contribution in [3.63, 3.8) is 0 Å². The lowest BCUT2D eigenvalue weighted by Crippen LogP contribution is -2.05. The predicted molar refractivity (Wildman–Crippen MR) is 65.2 cm³/mol.